The molecule has 0 aromatic carbocycles. The van der Waals surface area contributed by atoms with E-state index in [-0.39, 0.29) is 5.54 Å². The number of hydrogen-bond acceptors (Lipinski definition) is 4. The first-order chi connectivity index (χ1) is 6.07. The minimum absolute atomic E-state index is 0.123. The third-order valence-electron chi connectivity index (χ3n) is 1.64. The molecule has 2 heterocycles. The van der Waals surface area contributed by atoms with Gasteiger partial charge < -0.3 is 0 Å². The van der Waals surface area contributed by atoms with Crippen LogP contribution < -0.4 is 0 Å². The molecular formula is C8H11N5. The quantitative estimate of drug-likeness (QED) is 0.601. The number of rotatable bonds is 0. The molecule has 0 bridgehead atoms. The van der Waals surface area contributed by atoms with Gasteiger partial charge in [0.15, 0.2) is 0 Å². The average Bonchev–Trinajstić information content (AvgIpc) is 2.45. The van der Waals surface area contributed by atoms with Crippen LogP contribution >= 0.6 is 0 Å². The second-order valence-electron chi connectivity index (χ2n) is 3.86. The minimum Gasteiger partial charge on any atom is -0.231 e. The van der Waals surface area contributed by atoms with Crippen molar-refractivity contribution in [2.45, 2.75) is 26.3 Å². The maximum absolute atomic E-state index is 4.22. The Morgan fingerprint density at radius 3 is 1.85 bits per heavy atom. The summed E-state index contributed by atoms with van der Waals surface area (Å²) in [7, 11) is 0. The minimum atomic E-state index is -0.123. The zero-order valence-corrected chi connectivity index (χ0v) is 7.89. The summed E-state index contributed by atoms with van der Waals surface area (Å²) in [6.07, 6.45) is 3.23. The van der Waals surface area contributed by atoms with Gasteiger partial charge in [-0.1, -0.05) is 0 Å². The second kappa shape index (κ2) is 2.48. The van der Waals surface area contributed by atoms with Gasteiger partial charge in [0.25, 0.3) is 0 Å². The standard InChI is InChI=1S/C8H11N5/c1-8(2,3)13-11-6-7(12-13)10-5-4-9-6/h4-5H,1-3H3. The van der Waals surface area contributed by atoms with Crippen LogP contribution in [0.4, 0.5) is 0 Å². The van der Waals surface area contributed by atoms with E-state index in [0.717, 1.165) is 0 Å². The number of hydrogen-bond donors (Lipinski definition) is 0. The van der Waals surface area contributed by atoms with Gasteiger partial charge >= 0.3 is 0 Å². The van der Waals surface area contributed by atoms with Gasteiger partial charge in [0.1, 0.15) is 0 Å². The van der Waals surface area contributed by atoms with Crippen molar-refractivity contribution in [1.82, 2.24) is 25.0 Å². The highest BCUT2D eigenvalue weighted by Gasteiger charge is 2.16. The summed E-state index contributed by atoms with van der Waals surface area (Å²) in [5, 5.41) is 8.43. The van der Waals surface area contributed by atoms with E-state index in [0.29, 0.717) is 11.3 Å². The van der Waals surface area contributed by atoms with E-state index in [9.17, 15) is 0 Å². The predicted molar refractivity (Wildman–Crippen MR) is 48.1 cm³/mol. The van der Waals surface area contributed by atoms with Crippen molar-refractivity contribution in [2.24, 2.45) is 0 Å². The third-order valence-corrected chi connectivity index (χ3v) is 1.64. The summed E-state index contributed by atoms with van der Waals surface area (Å²) < 4.78 is 0. The third kappa shape index (κ3) is 1.37. The molecule has 5 nitrogen and oxygen atoms in total. The van der Waals surface area contributed by atoms with Crippen molar-refractivity contribution in [3.8, 4) is 0 Å². The first kappa shape index (κ1) is 8.10. The number of aromatic nitrogens is 5. The van der Waals surface area contributed by atoms with E-state index in [2.05, 4.69) is 20.2 Å². The summed E-state index contributed by atoms with van der Waals surface area (Å²) >= 11 is 0. The van der Waals surface area contributed by atoms with Crippen LogP contribution in [-0.2, 0) is 5.54 Å². The highest BCUT2D eigenvalue weighted by Crippen LogP contribution is 2.12. The van der Waals surface area contributed by atoms with Crippen molar-refractivity contribution in [3.63, 3.8) is 0 Å². The highest BCUT2D eigenvalue weighted by atomic mass is 15.5. The van der Waals surface area contributed by atoms with Crippen LogP contribution in [0.25, 0.3) is 11.3 Å². The van der Waals surface area contributed by atoms with E-state index in [4.69, 9.17) is 0 Å². The molecule has 0 N–H and O–H groups in total. The highest BCUT2D eigenvalue weighted by molar-refractivity contribution is 5.62. The van der Waals surface area contributed by atoms with Crippen molar-refractivity contribution in [2.75, 3.05) is 0 Å². The van der Waals surface area contributed by atoms with Crippen LogP contribution in [0.3, 0.4) is 0 Å². The molecule has 0 saturated heterocycles. The first-order valence-electron chi connectivity index (χ1n) is 4.12. The lowest BCUT2D eigenvalue weighted by atomic mass is 10.1. The van der Waals surface area contributed by atoms with Crippen LogP contribution in [0.15, 0.2) is 12.4 Å². The van der Waals surface area contributed by atoms with Gasteiger partial charge in [-0.2, -0.15) is 4.80 Å². The molecule has 0 aliphatic carbocycles. The molecular weight excluding hydrogens is 166 g/mol. The van der Waals surface area contributed by atoms with Crippen molar-refractivity contribution in [3.05, 3.63) is 12.4 Å². The predicted octanol–water partition coefficient (Wildman–Crippen LogP) is 0.976. The van der Waals surface area contributed by atoms with Gasteiger partial charge in [0.05, 0.1) is 5.54 Å². The molecule has 0 radical (unpaired) electrons. The molecule has 0 aliphatic rings. The summed E-state index contributed by atoms with van der Waals surface area (Å²) in [6.45, 7) is 6.10. The number of fused-ring (bicyclic) bond motifs is 1. The topological polar surface area (TPSA) is 56.5 Å². The van der Waals surface area contributed by atoms with E-state index >= 15 is 0 Å². The first-order valence-corrected chi connectivity index (χ1v) is 4.12. The Hall–Kier alpha value is -1.52. The molecule has 0 fully saturated rings. The molecule has 68 valence electrons. The van der Waals surface area contributed by atoms with Crippen LogP contribution in [0.1, 0.15) is 20.8 Å². The molecule has 0 saturated carbocycles. The van der Waals surface area contributed by atoms with E-state index < -0.39 is 0 Å². The normalized spacial score (nSPS) is 12.2. The molecule has 2 aromatic heterocycles. The van der Waals surface area contributed by atoms with Crippen LogP contribution in [0, 0.1) is 0 Å². The van der Waals surface area contributed by atoms with E-state index in [1.54, 1.807) is 17.2 Å². The summed E-state index contributed by atoms with van der Waals surface area (Å²) in [5.41, 5.74) is 1.07. The second-order valence-corrected chi connectivity index (χ2v) is 3.86. The van der Waals surface area contributed by atoms with Gasteiger partial charge in [-0.25, -0.2) is 9.97 Å². The Bertz CT molecular complexity index is 392. The van der Waals surface area contributed by atoms with Crippen LogP contribution in [0.2, 0.25) is 0 Å². The Balaban J connectivity index is 2.63. The molecule has 5 heteroatoms. The van der Waals surface area contributed by atoms with Crippen LogP contribution in [0.5, 0.6) is 0 Å². The Morgan fingerprint density at radius 2 is 1.46 bits per heavy atom. The molecule has 0 atom stereocenters. The van der Waals surface area contributed by atoms with E-state index in [1.165, 1.54) is 0 Å². The molecule has 0 unspecified atom stereocenters. The van der Waals surface area contributed by atoms with Gasteiger partial charge in [-0.15, -0.1) is 10.2 Å². The SMILES string of the molecule is CC(C)(C)n1nc2nccnc2n1. The summed E-state index contributed by atoms with van der Waals surface area (Å²) in [6, 6.07) is 0. The van der Waals surface area contributed by atoms with E-state index in [1.807, 2.05) is 20.8 Å². The van der Waals surface area contributed by atoms with Crippen molar-refractivity contribution in [1.29, 1.82) is 0 Å². The monoisotopic (exact) mass is 177 g/mol. The average molecular weight is 177 g/mol. The molecule has 13 heavy (non-hydrogen) atoms. The zero-order chi connectivity index (χ0) is 9.47. The lowest BCUT2D eigenvalue weighted by molar-refractivity contribution is 0.315. The van der Waals surface area contributed by atoms with Gasteiger partial charge in [-0.3, -0.25) is 0 Å². The lowest BCUT2D eigenvalue weighted by Gasteiger charge is -2.15. The lowest BCUT2D eigenvalue weighted by Crippen LogP contribution is -2.24. The van der Waals surface area contributed by atoms with Gasteiger partial charge in [0.2, 0.25) is 11.3 Å². The molecule has 0 amide bonds. The van der Waals surface area contributed by atoms with Gasteiger partial charge in [0, 0.05) is 12.4 Å². The molecule has 0 spiro atoms. The fraction of sp³-hybridized carbons (Fsp3) is 0.500. The van der Waals surface area contributed by atoms with Gasteiger partial charge in [-0.05, 0) is 20.8 Å². The number of nitrogens with zero attached hydrogens (tertiary/aromatic N) is 5. The van der Waals surface area contributed by atoms with Crippen molar-refractivity contribution >= 4 is 11.3 Å². The Kier molecular flexibility index (Phi) is 1.55. The fourth-order valence-electron chi connectivity index (χ4n) is 0.966. The summed E-state index contributed by atoms with van der Waals surface area (Å²) in [5.74, 6) is 0. The molecule has 0 aliphatic heterocycles. The zero-order valence-electron chi connectivity index (χ0n) is 7.89. The smallest absolute Gasteiger partial charge is 0.221 e. The molecule has 2 aromatic rings. The fourth-order valence-corrected chi connectivity index (χ4v) is 0.966. The van der Waals surface area contributed by atoms with Crippen LogP contribution in [-0.4, -0.2) is 25.0 Å². The Labute approximate surface area is 75.8 Å². The van der Waals surface area contributed by atoms with Crippen molar-refractivity contribution < 1.29 is 0 Å². The largest absolute Gasteiger partial charge is 0.231 e. The Morgan fingerprint density at radius 1 is 1.00 bits per heavy atom. The summed E-state index contributed by atoms with van der Waals surface area (Å²) in [4.78, 5) is 9.75. The maximum Gasteiger partial charge on any atom is 0.221 e. The molecule has 2 rings (SSSR count). The maximum atomic E-state index is 4.22.